The summed E-state index contributed by atoms with van der Waals surface area (Å²) in [5.41, 5.74) is 4.72. The summed E-state index contributed by atoms with van der Waals surface area (Å²) in [5.74, 6) is 0.745. The van der Waals surface area contributed by atoms with Gasteiger partial charge in [0.15, 0.2) is 0 Å². The normalized spacial score (nSPS) is 16.0. The summed E-state index contributed by atoms with van der Waals surface area (Å²) in [6, 6.07) is 13.4. The first kappa shape index (κ1) is 22.1. The van der Waals surface area contributed by atoms with Gasteiger partial charge in [-0.3, -0.25) is 9.10 Å². The first-order valence-electron chi connectivity index (χ1n) is 10.4. The number of amides is 1. The van der Waals surface area contributed by atoms with Crippen LogP contribution in [-0.4, -0.2) is 26.6 Å². The molecule has 2 aromatic rings. The third-order valence-corrected chi connectivity index (χ3v) is 7.20. The second-order valence-electron chi connectivity index (χ2n) is 8.31. The quantitative estimate of drug-likeness (QED) is 0.652. The van der Waals surface area contributed by atoms with E-state index in [4.69, 9.17) is 0 Å². The van der Waals surface area contributed by atoms with Gasteiger partial charge < -0.3 is 5.32 Å². The molecule has 1 heterocycles. The number of hydrogen-bond donors (Lipinski definition) is 1. The average Bonchev–Trinajstić information content (AvgIpc) is 3.05. The fraction of sp³-hybridized carbons (Fsp3) is 0.375. The number of nitrogens with one attached hydrogen (secondary N) is 1. The van der Waals surface area contributed by atoms with Gasteiger partial charge in [0, 0.05) is 18.3 Å². The minimum atomic E-state index is -3.18. The second kappa shape index (κ2) is 9.04. The molecule has 0 aromatic heterocycles. The van der Waals surface area contributed by atoms with E-state index in [9.17, 15) is 13.2 Å². The van der Waals surface area contributed by atoms with Crippen LogP contribution >= 0.6 is 0 Å². The van der Waals surface area contributed by atoms with Crippen molar-refractivity contribution < 1.29 is 13.2 Å². The van der Waals surface area contributed by atoms with Gasteiger partial charge in [-0.1, -0.05) is 52.0 Å². The molecule has 0 saturated carbocycles. The number of rotatable bonds is 6. The maximum absolute atomic E-state index is 12.5. The van der Waals surface area contributed by atoms with E-state index in [0.717, 1.165) is 16.8 Å². The Kier molecular flexibility index (Phi) is 6.66. The molecule has 0 aliphatic carbocycles. The van der Waals surface area contributed by atoms with Gasteiger partial charge in [-0.2, -0.15) is 0 Å². The van der Waals surface area contributed by atoms with Gasteiger partial charge in [-0.15, -0.1) is 0 Å². The predicted molar refractivity (Wildman–Crippen MR) is 124 cm³/mol. The topological polar surface area (TPSA) is 66.5 Å². The van der Waals surface area contributed by atoms with E-state index in [0.29, 0.717) is 30.5 Å². The third kappa shape index (κ3) is 5.11. The van der Waals surface area contributed by atoms with Crippen LogP contribution in [0.5, 0.6) is 0 Å². The summed E-state index contributed by atoms with van der Waals surface area (Å²) in [6.45, 7) is 9.07. The molecule has 6 heteroatoms. The van der Waals surface area contributed by atoms with Crippen LogP contribution in [0, 0.1) is 0 Å². The summed E-state index contributed by atoms with van der Waals surface area (Å²) in [6.07, 6.45) is 3.89. The molecule has 1 aliphatic heterocycles. The van der Waals surface area contributed by atoms with Crippen LogP contribution in [-0.2, 0) is 14.8 Å². The van der Waals surface area contributed by atoms with Crippen LogP contribution in [0.2, 0.25) is 0 Å². The summed E-state index contributed by atoms with van der Waals surface area (Å²) in [5, 5.41) is 2.98. The monoisotopic (exact) mass is 426 g/mol. The van der Waals surface area contributed by atoms with Gasteiger partial charge in [0.2, 0.25) is 15.9 Å². The number of hydrogen-bond acceptors (Lipinski definition) is 3. The summed E-state index contributed by atoms with van der Waals surface area (Å²) in [7, 11) is -3.18. The molecule has 2 aromatic carbocycles. The van der Waals surface area contributed by atoms with Crippen molar-refractivity contribution in [2.24, 2.45) is 0 Å². The van der Waals surface area contributed by atoms with E-state index in [1.165, 1.54) is 15.9 Å². The summed E-state index contributed by atoms with van der Waals surface area (Å²) < 4.78 is 25.5. The Hall–Kier alpha value is -2.60. The Balaban J connectivity index is 1.69. The van der Waals surface area contributed by atoms with Crippen molar-refractivity contribution in [2.75, 3.05) is 21.9 Å². The van der Waals surface area contributed by atoms with Gasteiger partial charge in [0.05, 0.1) is 11.4 Å². The van der Waals surface area contributed by atoms with Gasteiger partial charge >= 0.3 is 0 Å². The van der Waals surface area contributed by atoms with Crippen molar-refractivity contribution in [3.8, 4) is 0 Å². The van der Waals surface area contributed by atoms with E-state index in [2.05, 4.69) is 45.1 Å². The fourth-order valence-corrected chi connectivity index (χ4v) is 5.12. The van der Waals surface area contributed by atoms with E-state index in [1.54, 1.807) is 18.2 Å². The minimum absolute atomic E-state index is 0.194. The molecule has 1 aliphatic rings. The highest BCUT2D eigenvalue weighted by Gasteiger charge is 2.28. The molecule has 1 N–H and O–H groups in total. The first-order valence-corrected chi connectivity index (χ1v) is 12.0. The largest absolute Gasteiger partial charge is 0.322 e. The predicted octanol–water partition coefficient (Wildman–Crippen LogP) is 5.13. The second-order valence-corrected chi connectivity index (χ2v) is 10.3. The molecular weight excluding hydrogens is 396 g/mol. The van der Waals surface area contributed by atoms with Crippen LogP contribution in [0.4, 0.5) is 11.4 Å². The lowest BCUT2D eigenvalue weighted by Crippen LogP contribution is -2.24. The lowest BCUT2D eigenvalue weighted by molar-refractivity contribution is -0.111. The van der Waals surface area contributed by atoms with Gasteiger partial charge in [-0.05, 0) is 59.2 Å². The number of sulfonamides is 1. The Bertz CT molecular complexity index is 1040. The molecule has 0 bridgehead atoms. The molecular formula is C24H30N2O3S. The highest BCUT2D eigenvalue weighted by atomic mass is 32.2. The van der Waals surface area contributed by atoms with Crippen LogP contribution in [0.15, 0.2) is 48.5 Å². The maximum Gasteiger partial charge on any atom is 0.248 e. The molecule has 1 fully saturated rings. The molecule has 0 atom stereocenters. The molecule has 1 amide bonds. The van der Waals surface area contributed by atoms with Gasteiger partial charge in [-0.25, -0.2) is 8.42 Å². The lowest BCUT2D eigenvalue weighted by Gasteiger charge is -2.17. The molecule has 1 saturated heterocycles. The Morgan fingerprint density at radius 1 is 1.03 bits per heavy atom. The first-order chi connectivity index (χ1) is 14.2. The average molecular weight is 427 g/mol. The van der Waals surface area contributed by atoms with Crippen LogP contribution in [0.3, 0.4) is 0 Å². The number of carbonyl (C=O) groups is 1. The molecule has 3 rings (SSSR count). The highest BCUT2D eigenvalue weighted by Crippen LogP contribution is 2.28. The van der Waals surface area contributed by atoms with Crippen molar-refractivity contribution in [3.05, 3.63) is 65.2 Å². The fourth-order valence-electron chi connectivity index (χ4n) is 3.56. The van der Waals surface area contributed by atoms with E-state index in [-0.39, 0.29) is 11.7 Å². The van der Waals surface area contributed by atoms with Crippen LogP contribution in [0.1, 0.15) is 62.6 Å². The number of nitrogens with zero attached hydrogens (tertiary/aromatic N) is 1. The van der Waals surface area contributed by atoms with Crippen molar-refractivity contribution in [1.82, 2.24) is 0 Å². The Morgan fingerprint density at radius 3 is 2.30 bits per heavy atom. The Labute approximate surface area is 179 Å². The number of carbonyl (C=O) groups excluding carboxylic acids is 1. The van der Waals surface area contributed by atoms with Gasteiger partial charge in [0.1, 0.15) is 0 Å². The van der Waals surface area contributed by atoms with Crippen LogP contribution < -0.4 is 9.62 Å². The van der Waals surface area contributed by atoms with Crippen molar-refractivity contribution in [2.45, 2.75) is 46.0 Å². The van der Waals surface area contributed by atoms with Crippen molar-refractivity contribution in [3.63, 3.8) is 0 Å². The molecule has 0 radical (unpaired) electrons. The Morgan fingerprint density at radius 2 is 1.73 bits per heavy atom. The zero-order valence-electron chi connectivity index (χ0n) is 18.1. The smallest absolute Gasteiger partial charge is 0.248 e. The van der Waals surface area contributed by atoms with Crippen molar-refractivity contribution >= 4 is 33.4 Å². The summed E-state index contributed by atoms with van der Waals surface area (Å²) in [4.78, 5) is 12.5. The number of anilines is 2. The van der Waals surface area contributed by atoms with E-state index >= 15 is 0 Å². The number of benzene rings is 2. The van der Waals surface area contributed by atoms with E-state index < -0.39 is 10.0 Å². The molecule has 160 valence electrons. The van der Waals surface area contributed by atoms with Crippen molar-refractivity contribution in [1.29, 1.82) is 0 Å². The molecule has 0 spiro atoms. The minimum Gasteiger partial charge on any atom is -0.322 e. The maximum atomic E-state index is 12.5. The molecule has 5 nitrogen and oxygen atoms in total. The zero-order chi connectivity index (χ0) is 21.9. The van der Waals surface area contributed by atoms with E-state index in [1.807, 2.05) is 18.2 Å². The van der Waals surface area contributed by atoms with Gasteiger partial charge in [0.25, 0.3) is 0 Å². The zero-order valence-corrected chi connectivity index (χ0v) is 18.9. The molecule has 0 unspecified atom stereocenters. The SMILES string of the molecule is CC(C)c1ccc(NC(=O)/C=C/c2ccc(N3CCCS3(=O)=O)cc2)c(C(C)C)c1. The lowest BCUT2D eigenvalue weighted by atomic mass is 9.94. The highest BCUT2D eigenvalue weighted by molar-refractivity contribution is 7.93. The standard InChI is InChI=1S/C24H30N2O3S/c1-17(2)20-9-12-23(22(16-20)18(3)4)25-24(27)13-8-19-6-10-21(11-7-19)26-14-5-15-30(26,28)29/h6-13,16-18H,5,14-15H2,1-4H3,(H,25,27)/b13-8+. The third-order valence-electron chi connectivity index (χ3n) is 5.33. The summed E-state index contributed by atoms with van der Waals surface area (Å²) >= 11 is 0. The van der Waals surface area contributed by atoms with Crippen LogP contribution in [0.25, 0.3) is 6.08 Å². The molecule has 30 heavy (non-hydrogen) atoms.